The molecule has 2 nitrogen and oxygen atoms in total. The van der Waals surface area contributed by atoms with Gasteiger partial charge in [-0.1, -0.05) is 6.07 Å². The molecule has 0 amide bonds. The zero-order valence-corrected chi connectivity index (χ0v) is 9.35. The smallest absolute Gasteiger partial charge is 0.0620 e. The Morgan fingerprint density at radius 1 is 1.71 bits per heavy atom. The van der Waals surface area contributed by atoms with Gasteiger partial charge in [-0.3, -0.25) is 0 Å². The quantitative estimate of drug-likeness (QED) is 0.823. The van der Waals surface area contributed by atoms with Crippen LogP contribution in [0.1, 0.15) is 18.2 Å². The van der Waals surface area contributed by atoms with Gasteiger partial charge in [-0.05, 0) is 31.2 Å². The molecule has 1 N–H and O–H groups in total. The minimum atomic E-state index is 0.556. The molecular formula is C11H17NOS. The van der Waals surface area contributed by atoms with E-state index < -0.39 is 0 Å². The van der Waals surface area contributed by atoms with E-state index in [1.165, 1.54) is 4.88 Å². The lowest BCUT2D eigenvalue weighted by molar-refractivity contribution is 0.188. The predicted octanol–water partition coefficient (Wildman–Crippen LogP) is 2.06. The Kier molecular flexibility index (Phi) is 3.56. The van der Waals surface area contributed by atoms with Gasteiger partial charge < -0.3 is 10.1 Å². The second kappa shape index (κ2) is 4.91. The number of hydrogen-bond acceptors (Lipinski definition) is 3. The molecular weight excluding hydrogens is 194 g/mol. The summed E-state index contributed by atoms with van der Waals surface area (Å²) >= 11 is 1.84. The molecule has 1 aromatic heterocycles. The molecule has 2 heterocycles. The van der Waals surface area contributed by atoms with E-state index in [2.05, 4.69) is 29.8 Å². The van der Waals surface area contributed by atoms with Crippen molar-refractivity contribution < 1.29 is 4.74 Å². The lowest BCUT2D eigenvalue weighted by Gasteiger charge is -2.17. The van der Waals surface area contributed by atoms with Crippen molar-refractivity contribution in [3.63, 3.8) is 0 Å². The molecule has 1 saturated heterocycles. The SMILES string of the molecule is CC(Cc1cccs1)NC1CCOC1. The summed E-state index contributed by atoms with van der Waals surface area (Å²) in [5.41, 5.74) is 0. The van der Waals surface area contributed by atoms with Crippen LogP contribution in [0.5, 0.6) is 0 Å². The van der Waals surface area contributed by atoms with Gasteiger partial charge in [0.05, 0.1) is 6.61 Å². The average molecular weight is 211 g/mol. The molecule has 0 saturated carbocycles. The maximum absolute atomic E-state index is 5.33. The summed E-state index contributed by atoms with van der Waals surface area (Å²) in [5.74, 6) is 0. The summed E-state index contributed by atoms with van der Waals surface area (Å²) in [7, 11) is 0. The lowest BCUT2D eigenvalue weighted by atomic mass is 10.1. The number of thiophene rings is 1. The van der Waals surface area contributed by atoms with E-state index in [0.717, 1.165) is 26.1 Å². The maximum Gasteiger partial charge on any atom is 0.0620 e. The third-order valence-electron chi connectivity index (χ3n) is 2.54. The van der Waals surface area contributed by atoms with E-state index in [-0.39, 0.29) is 0 Å². The van der Waals surface area contributed by atoms with Gasteiger partial charge in [-0.2, -0.15) is 0 Å². The average Bonchev–Trinajstić information content (AvgIpc) is 2.76. The van der Waals surface area contributed by atoms with E-state index in [1.807, 2.05) is 11.3 Å². The molecule has 78 valence electrons. The molecule has 2 atom stereocenters. The molecule has 2 rings (SSSR count). The molecule has 1 aromatic rings. The second-order valence-corrected chi connectivity index (χ2v) is 4.94. The van der Waals surface area contributed by atoms with Gasteiger partial charge in [0.25, 0.3) is 0 Å². The van der Waals surface area contributed by atoms with E-state index in [0.29, 0.717) is 12.1 Å². The number of ether oxygens (including phenoxy) is 1. The van der Waals surface area contributed by atoms with Crippen molar-refractivity contribution in [2.75, 3.05) is 13.2 Å². The minimum Gasteiger partial charge on any atom is -0.380 e. The van der Waals surface area contributed by atoms with E-state index in [4.69, 9.17) is 4.74 Å². The monoisotopic (exact) mass is 211 g/mol. The molecule has 0 aliphatic carbocycles. The van der Waals surface area contributed by atoms with Crippen LogP contribution >= 0.6 is 11.3 Å². The van der Waals surface area contributed by atoms with Gasteiger partial charge in [0, 0.05) is 23.6 Å². The van der Waals surface area contributed by atoms with Crippen LogP contribution < -0.4 is 5.32 Å². The van der Waals surface area contributed by atoms with E-state index in [9.17, 15) is 0 Å². The first kappa shape index (κ1) is 10.1. The van der Waals surface area contributed by atoms with Crippen molar-refractivity contribution >= 4 is 11.3 Å². The first-order chi connectivity index (χ1) is 6.84. The van der Waals surface area contributed by atoms with Crippen molar-refractivity contribution in [1.29, 1.82) is 0 Å². The molecule has 0 aromatic carbocycles. The molecule has 1 fully saturated rings. The largest absolute Gasteiger partial charge is 0.380 e. The van der Waals surface area contributed by atoms with Gasteiger partial charge in [0.1, 0.15) is 0 Å². The second-order valence-electron chi connectivity index (χ2n) is 3.91. The third kappa shape index (κ3) is 2.80. The molecule has 3 heteroatoms. The van der Waals surface area contributed by atoms with Crippen LogP contribution in [0.15, 0.2) is 17.5 Å². The Morgan fingerprint density at radius 2 is 2.64 bits per heavy atom. The van der Waals surface area contributed by atoms with Crippen molar-refractivity contribution in [1.82, 2.24) is 5.32 Å². The maximum atomic E-state index is 5.33. The molecule has 1 aliphatic rings. The summed E-state index contributed by atoms with van der Waals surface area (Å²) in [6.45, 7) is 4.05. The number of rotatable bonds is 4. The Balaban J connectivity index is 1.75. The third-order valence-corrected chi connectivity index (χ3v) is 3.44. The fourth-order valence-electron chi connectivity index (χ4n) is 1.86. The first-order valence-electron chi connectivity index (χ1n) is 5.21. The molecule has 2 unspecified atom stereocenters. The fraction of sp³-hybridized carbons (Fsp3) is 0.636. The number of nitrogens with one attached hydrogen (secondary N) is 1. The topological polar surface area (TPSA) is 21.3 Å². The molecule has 0 bridgehead atoms. The van der Waals surface area contributed by atoms with Gasteiger partial charge in [0.2, 0.25) is 0 Å². The van der Waals surface area contributed by atoms with Crippen LogP contribution in [0.25, 0.3) is 0 Å². The van der Waals surface area contributed by atoms with Crippen molar-refractivity contribution in [2.24, 2.45) is 0 Å². The molecule has 0 spiro atoms. The Bertz CT molecular complexity index is 254. The van der Waals surface area contributed by atoms with Gasteiger partial charge in [-0.15, -0.1) is 11.3 Å². The normalized spacial score (nSPS) is 23.9. The van der Waals surface area contributed by atoms with Gasteiger partial charge >= 0.3 is 0 Å². The molecule has 0 radical (unpaired) electrons. The lowest BCUT2D eigenvalue weighted by Crippen LogP contribution is -2.37. The van der Waals surface area contributed by atoms with E-state index in [1.54, 1.807) is 0 Å². The Labute approximate surface area is 89.3 Å². The Hall–Kier alpha value is -0.380. The minimum absolute atomic E-state index is 0.556. The highest BCUT2D eigenvalue weighted by atomic mass is 32.1. The standard InChI is InChI=1S/C11H17NOS/c1-9(7-11-3-2-6-14-11)12-10-4-5-13-8-10/h2-3,6,9-10,12H,4-5,7-8H2,1H3. The van der Waals surface area contributed by atoms with Crippen LogP contribution in [0.3, 0.4) is 0 Å². The van der Waals surface area contributed by atoms with Crippen LogP contribution in [0, 0.1) is 0 Å². The van der Waals surface area contributed by atoms with Crippen LogP contribution in [-0.4, -0.2) is 25.3 Å². The molecule has 1 aliphatic heterocycles. The highest BCUT2D eigenvalue weighted by Gasteiger charge is 2.17. The van der Waals surface area contributed by atoms with Gasteiger partial charge in [0.15, 0.2) is 0 Å². The van der Waals surface area contributed by atoms with Crippen molar-refractivity contribution in [3.05, 3.63) is 22.4 Å². The zero-order chi connectivity index (χ0) is 9.80. The Morgan fingerprint density at radius 3 is 3.29 bits per heavy atom. The van der Waals surface area contributed by atoms with Crippen LogP contribution in [0.2, 0.25) is 0 Å². The first-order valence-corrected chi connectivity index (χ1v) is 6.09. The summed E-state index contributed by atoms with van der Waals surface area (Å²) in [6, 6.07) is 5.45. The zero-order valence-electron chi connectivity index (χ0n) is 8.53. The summed E-state index contributed by atoms with van der Waals surface area (Å²) in [4.78, 5) is 1.46. The number of hydrogen-bond donors (Lipinski definition) is 1. The van der Waals surface area contributed by atoms with E-state index >= 15 is 0 Å². The summed E-state index contributed by atoms with van der Waals surface area (Å²) in [6.07, 6.45) is 2.29. The molecule has 14 heavy (non-hydrogen) atoms. The summed E-state index contributed by atoms with van der Waals surface area (Å²) < 4.78 is 5.33. The fourth-order valence-corrected chi connectivity index (χ4v) is 2.69. The predicted molar refractivity (Wildman–Crippen MR) is 59.8 cm³/mol. The highest BCUT2D eigenvalue weighted by molar-refractivity contribution is 7.09. The van der Waals surface area contributed by atoms with Crippen LogP contribution in [-0.2, 0) is 11.2 Å². The van der Waals surface area contributed by atoms with Crippen molar-refractivity contribution in [2.45, 2.75) is 31.8 Å². The van der Waals surface area contributed by atoms with Gasteiger partial charge in [-0.25, -0.2) is 0 Å². The van der Waals surface area contributed by atoms with Crippen molar-refractivity contribution in [3.8, 4) is 0 Å². The summed E-state index contributed by atoms with van der Waals surface area (Å²) in [5, 5.41) is 5.74. The highest BCUT2D eigenvalue weighted by Crippen LogP contribution is 2.12. The van der Waals surface area contributed by atoms with Crippen LogP contribution in [0.4, 0.5) is 0 Å².